The zero-order chi connectivity index (χ0) is 32.6. The normalized spacial score (nSPS) is 17.2. The van der Waals surface area contributed by atoms with Gasteiger partial charge in [-0.1, -0.05) is 62.2 Å². The zero-order valence-electron chi connectivity index (χ0n) is 27.2. The van der Waals surface area contributed by atoms with Gasteiger partial charge in [-0.3, -0.25) is 5.32 Å². The van der Waals surface area contributed by atoms with E-state index in [1.54, 1.807) is 12.1 Å². The van der Waals surface area contributed by atoms with E-state index >= 15 is 0 Å². The highest BCUT2D eigenvalue weighted by molar-refractivity contribution is 7.89. The van der Waals surface area contributed by atoms with Crippen molar-refractivity contribution < 1.29 is 32.5 Å². The summed E-state index contributed by atoms with van der Waals surface area (Å²) in [6.45, 7) is 7.91. The maximum atomic E-state index is 13.0. The number of sulfonamides is 1. The Morgan fingerprint density at radius 1 is 1.02 bits per heavy atom. The van der Waals surface area contributed by atoms with Crippen LogP contribution in [0.5, 0.6) is 5.75 Å². The summed E-state index contributed by atoms with van der Waals surface area (Å²) >= 11 is 0. The van der Waals surface area contributed by atoms with Gasteiger partial charge in [0.25, 0.3) is 0 Å². The van der Waals surface area contributed by atoms with E-state index < -0.39 is 21.9 Å². The average Bonchev–Trinajstić information content (AvgIpc) is 3.86. The summed E-state index contributed by atoms with van der Waals surface area (Å²) in [6.07, 6.45) is 4.94. The second-order valence-electron chi connectivity index (χ2n) is 12.6. The number of fused-ring (bicyclic) bond motifs is 1. The summed E-state index contributed by atoms with van der Waals surface area (Å²) in [6, 6.07) is 20.7. The number of unbranched alkanes of at least 4 members (excludes halogenated alkanes) is 2. The van der Waals surface area contributed by atoms with Crippen LogP contribution in [-0.4, -0.2) is 51.3 Å². The van der Waals surface area contributed by atoms with E-state index in [9.17, 15) is 13.5 Å². The van der Waals surface area contributed by atoms with Gasteiger partial charge in [-0.2, -0.15) is 0 Å². The Bertz CT molecular complexity index is 1540. The zero-order valence-corrected chi connectivity index (χ0v) is 28.0. The molecule has 0 spiro atoms. The third kappa shape index (κ3) is 9.84. The van der Waals surface area contributed by atoms with Crippen molar-refractivity contribution in [1.29, 1.82) is 0 Å². The fourth-order valence-electron chi connectivity index (χ4n) is 5.44. The SMILES string of the molecule is CCCCCC(NC[C@H](O)c1ccc2c(c1)COC(C)(C)O2)OCCOCc1cccc(-c2ccccc2S(=O)(=O)NC2CC2)c1. The average molecular weight is 653 g/mol. The first-order valence-corrected chi connectivity index (χ1v) is 17.9. The molecular weight excluding hydrogens is 604 g/mol. The monoisotopic (exact) mass is 652 g/mol. The van der Waals surface area contributed by atoms with Gasteiger partial charge in [0.2, 0.25) is 15.8 Å². The number of aliphatic hydroxyl groups is 1. The summed E-state index contributed by atoms with van der Waals surface area (Å²) in [5.74, 6) is 0.127. The van der Waals surface area contributed by atoms with Gasteiger partial charge in [-0.25, -0.2) is 13.1 Å². The van der Waals surface area contributed by atoms with Crippen molar-refractivity contribution in [1.82, 2.24) is 10.0 Å². The number of nitrogens with one attached hydrogen (secondary N) is 2. The van der Waals surface area contributed by atoms with Gasteiger partial charge in [0.05, 0.1) is 37.4 Å². The highest BCUT2D eigenvalue weighted by Crippen LogP contribution is 2.33. The smallest absolute Gasteiger partial charge is 0.241 e. The molecule has 3 aromatic carbocycles. The van der Waals surface area contributed by atoms with Crippen LogP contribution in [0.1, 0.15) is 82.1 Å². The van der Waals surface area contributed by atoms with E-state index in [0.717, 1.165) is 66.5 Å². The third-order valence-electron chi connectivity index (χ3n) is 8.14. The van der Waals surface area contributed by atoms with Gasteiger partial charge in [0.15, 0.2) is 0 Å². The number of aliphatic hydroxyl groups excluding tert-OH is 1. The summed E-state index contributed by atoms with van der Waals surface area (Å²) < 4.78 is 52.5. The molecule has 2 atom stereocenters. The Morgan fingerprint density at radius 2 is 1.85 bits per heavy atom. The van der Waals surface area contributed by atoms with Crippen molar-refractivity contribution in [2.45, 2.75) is 102 Å². The second kappa shape index (κ2) is 15.8. The van der Waals surface area contributed by atoms with Gasteiger partial charge < -0.3 is 24.1 Å². The molecule has 2 aliphatic rings. The van der Waals surface area contributed by atoms with E-state index in [1.165, 1.54) is 0 Å². The van der Waals surface area contributed by atoms with Crippen LogP contribution >= 0.6 is 0 Å². The van der Waals surface area contributed by atoms with Crippen molar-refractivity contribution in [2.75, 3.05) is 19.8 Å². The lowest BCUT2D eigenvalue weighted by molar-refractivity contribution is -0.180. The molecule has 0 radical (unpaired) electrons. The molecular formula is C36H48N2O7S. The summed E-state index contributed by atoms with van der Waals surface area (Å²) in [4.78, 5) is 0.291. The molecule has 0 aromatic heterocycles. The minimum absolute atomic E-state index is 0.0414. The predicted octanol–water partition coefficient (Wildman–Crippen LogP) is 6.20. The van der Waals surface area contributed by atoms with Crippen LogP contribution < -0.4 is 14.8 Å². The topological polar surface area (TPSA) is 115 Å². The molecule has 0 saturated heterocycles. The van der Waals surface area contributed by atoms with E-state index in [0.29, 0.717) is 43.4 Å². The summed E-state index contributed by atoms with van der Waals surface area (Å²) in [7, 11) is -3.59. The van der Waals surface area contributed by atoms with Crippen molar-refractivity contribution >= 4 is 10.0 Å². The first kappa shape index (κ1) is 34.5. The van der Waals surface area contributed by atoms with Gasteiger partial charge >= 0.3 is 0 Å². The molecule has 1 heterocycles. The highest BCUT2D eigenvalue weighted by Gasteiger charge is 2.30. The molecule has 10 heteroatoms. The number of hydrogen-bond donors (Lipinski definition) is 3. The molecule has 0 amide bonds. The molecule has 1 aliphatic carbocycles. The largest absolute Gasteiger partial charge is 0.463 e. The predicted molar refractivity (Wildman–Crippen MR) is 178 cm³/mol. The van der Waals surface area contributed by atoms with Crippen LogP contribution in [-0.2, 0) is 37.4 Å². The van der Waals surface area contributed by atoms with Gasteiger partial charge in [0, 0.05) is 37.6 Å². The molecule has 3 N–H and O–H groups in total. The van der Waals surface area contributed by atoms with Crippen LogP contribution in [0.3, 0.4) is 0 Å². The van der Waals surface area contributed by atoms with E-state index in [2.05, 4.69) is 17.0 Å². The maximum absolute atomic E-state index is 13.0. The van der Waals surface area contributed by atoms with Crippen LogP contribution in [0, 0.1) is 0 Å². The Morgan fingerprint density at radius 3 is 2.65 bits per heavy atom. The quantitative estimate of drug-likeness (QED) is 0.110. The second-order valence-corrected chi connectivity index (χ2v) is 14.3. The number of ether oxygens (including phenoxy) is 4. The van der Waals surface area contributed by atoms with Gasteiger partial charge in [-0.05, 0) is 66.6 Å². The number of rotatable bonds is 18. The first-order valence-electron chi connectivity index (χ1n) is 16.4. The van der Waals surface area contributed by atoms with E-state index in [4.69, 9.17) is 18.9 Å². The molecule has 5 rings (SSSR count). The molecule has 3 aromatic rings. The Hall–Kier alpha value is -2.83. The minimum Gasteiger partial charge on any atom is -0.463 e. The molecule has 250 valence electrons. The highest BCUT2D eigenvalue weighted by atomic mass is 32.2. The lowest BCUT2D eigenvalue weighted by Crippen LogP contribution is -2.36. The summed E-state index contributed by atoms with van der Waals surface area (Å²) in [5, 5.41) is 14.3. The molecule has 1 fully saturated rings. The van der Waals surface area contributed by atoms with Crippen molar-refractivity contribution in [2.24, 2.45) is 0 Å². The Labute approximate surface area is 273 Å². The van der Waals surface area contributed by atoms with Gasteiger partial charge in [0.1, 0.15) is 12.0 Å². The molecule has 0 bridgehead atoms. The van der Waals surface area contributed by atoms with Gasteiger partial charge in [-0.15, -0.1) is 0 Å². The molecule has 1 saturated carbocycles. The minimum atomic E-state index is -3.59. The van der Waals surface area contributed by atoms with Crippen molar-refractivity contribution in [3.05, 3.63) is 83.4 Å². The fraction of sp³-hybridized carbons (Fsp3) is 0.500. The molecule has 1 unspecified atom stereocenters. The standard InChI is InChI=1S/C36H48N2O7S/c1-4-5-6-14-35(37-23-32(39)28-15-18-33-29(22-28)25-44-36(2,3)45-33)43-20-19-42-24-26-10-9-11-27(21-26)31-12-7-8-13-34(31)46(40,41)38-30-16-17-30/h7-13,15,18,21-22,30,32,35,37-39H,4-6,14,16-17,19-20,23-25H2,1-3H3/t32-,35?/m0/s1. The first-order chi connectivity index (χ1) is 22.1. The molecule has 46 heavy (non-hydrogen) atoms. The van der Waals surface area contributed by atoms with E-state index in [-0.39, 0.29) is 12.3 Å². The lowest BCUT2D eigenvalue weighted by atomic mass is 10.0. The number of benzene rings is 3. The molecule has 9 nitrogen and oxygen atoms in total. The van der Waals surface area contributed by atoms with Crippen LogP contribution in [0.4, 0.5) is 0 Å². The Balaban J connectivity index is 1.11. The van der Waals surface area contributed by atoms with Crippen LogP contribution in [0.2, 0.25) is 0 Å². The van der Waals surface area contributed by atoms with Crippen LogP contribution in [0.25, 0.3) is 11.1 Å². The van der Waals surface area contributed by atoms with Crippen molar-refractivity contribution in [3.8, 4) is 16.9 Å². The third-order valence-corrected chi connectivity index (χ3v) is 9.72. The fourth-order valence-corrected chi connectivity index (χ4v) is 6.98. The lowest BCUT2D eigenvalue weighted by Gasteiger charge is -2.33. The Kier molecular flexibility index (Phi) is 11.9. The van der Waals surface area contributed by atoms with Crippen molar-refractivity contribution in [3.63, 3.8) is 0 Å². The number of hydrogen-bond acceptors (Lipinski definition) is 8. The maximum Gasteiger partial charge on any atom is 0.241 e. The van der Waals surface area contributed by atoms with E-state index in [1.807, 2.05) is 68.4 Å². The molecule has 1 aliphatic heterocycles. The van der Waals surface area contributed by atoms with Crippen LogP contribution in [0.15, 0.2) is 71.6 Å². The summed E-state index contributed by atoms with van der Waals surface area (Å²) in [5.41, 5.74) is 4.18.